The van der Waals surface area contributed by atoms with Crippen molar-refractivity contribution >= 4 is 15.9 Å². The molecule has 96 valence electrons. The summed E-state index contributed by atoms with van der Waals surface area (Å²) in [5.41, 5.74) is 2.79. The topological polar surface area (TPSA) is 12.0 Å². The van der Waals surface area contributed by atoms with Crippen LogP contribution in [0.5, 0.6) is 0 Å². The summed E-state index contributed by atoms with van der Waals surface area (Å²) >= 11 is 3.63. The van der Waals surface area contributed by atoms with Gasteiger partial charge in [0.05, 0.1) is 0 Å². The number of halogens is 1. The monoisotopic (exact) mass is 297 g/mol. The fraction of sp³-hybridized carbons (Fsp3) is 0.600. The smallest absolute Gasteiger partial charge is 0.0348 e. The van der Waals surface area contributed by atoms with Gasteiger partial charge in [0.25, 0.3) is 0 Å². The summed E-state index contributed by atoms with van der Waals surface area (Å²) in [4.78, 5) is 0. The molecule has 0 saturated carbocycles. The number of hydrogen-bond donors (Lipinski definition) is 1. The van der Waals surface area contributed by atoms with Crippen LogP contribution in [0.4, 0.5) is 0 Å². The third-order valence-corrected chi connectivity index (χ3v) is 4.24. The highest BCUT2D eigenvalue weighted by Crippen LogP contribution is 2.30. The summed E-state index contributed by atoms with van der Waals surface area (Å²) in [6.45, 7) is 10.00. The van der Waals surface area contributed by atoms with Crippen LogP contribution < -0.4 is 5.32 Å². The van der Waals surface area contributed by atoms with Crippen molar-refractivity contribution in [3.8, 4) is 0 Å². The summed E-state index contributed by atoms with van der Waals surface area (Å²) in [5, 5.41) is 3.63. The average Bonchev–Trinajstić information content (AvgIpc) is 2.30. The lowest BCUT2D eigenvalue weighted by molar-refractivity contribution is 0.368. The zero-order chi connectivity index (χ0) is 12.8. The molecule has 1 N–H and O–H groups in total. The van der Waals surface area contributed by atoms with Crippen molar-refractivity contribution in [2.75, 3.05) is 6.54 Å². The van der Waals surface area contributed by atoms with E-state index in [1.54, 1.807) is 0 Å². The van der Waals surface area contributed by atoms with Crippen LogP contribution in [-0.2, 0) is 0 Å². The number of nitrogens with one attached hydrogen (secondary N) is 1. The molecule has 0 heterocycles. The molecule has 0 fully saturated rings. The fourth-order valence-corrected chi connectivity index (χ4v) is 2.80. The minimum absolute atomic E-state index is 0.470. The quantitative estimate of drug-likeness (QED) is 0.792. The maximum absolute atomic E-state index is 3.63. The molecule has 0 aromatic heterocycles. The van der Waals surface area contributed by atoms with Crippen molar-refractivity contribution in [1.82, 2.24) is 5.32 Å². The van der Waals surface area contributed by atoms with E-state index < -0.39 is 0 Å². The van der Waals surface area contributed by atoms with Gasteiger partial charge in [-0.15, -0.1) is 0 Å². The Balaban J connectivity index is 3.00. The standard InChI is InChI=1S/C15H24BrN/c1-5-8-11(3)15(17-6-2)13-9-7-10-14(16)12(13)4/h7,9-11,15,17H,5-6,8H2,1-4H3. The Morgan fingerprint density at radius 2 is 2.00 bits per heavy atom. The van der Waals surface area contributed by atoms with E-state index in [-0.39, 0.29) is 0 Å². The zero-order valence-corrected chi connectivity index (χ0v) is 13.0. The molecule has 0 saturated heterocycles. The molecule has 1 aromatic rings. The number of benzene rings is 1. The summed E-state index contributed by atoms with van der Waals surface area (Å²) in [5.74, 6) is 0.674. The molecule has 1 aromatic carbocycles. The highest BCUT2D eigenvalue weighted by Gasteiger charge is 2.19. The molecular formula is C15H24BrN. The van der Waals surface area contributed by atoms with Gasteiger partial charge in [0.1, 0.15) is 0 Å². The van der Waals surface area contributed by atoms with Gasteiger partial charge in [-0.05, 0) is 43.0 Å². The lowest BCUT2D eigenvalue weighted by Gasteiger charge is -2.27. The second-order valence-corrected chi connectivity index (χ2v) is 5.61. The van der Waals surface area contributed by atoms with Crippen molar-refractivity contribution < 1.29 is 0 Å². The molecule has 1 nitrogen and oxygen atoms in total. The van der Waals surface area contributed by atoms with Crippen molar-refractivity contribution in [1.29, 1.82) is 0 Å². The second-order valence-electron chi connectivity index (χ2n) is 4.76. The third-order valence-electron chi connectivity index (χ3n) is 3.38. The molecule has 2 atom stereocenters. The Bertz CT molecular complexity index is 349. The Morgan fingerprint density at radius 3 is 2.59 bits per heavy atom. The van der Waals surface area contributed by atoms with Crippen molar-refractivity contribution in [2.45, 2.75) is 46.6 Å². The largest absolute Gasteiger partial charge is 0.310 e. The van der Waals surface area contributed by atoms with E-state index in [9.17, 15) is 0 Å². The van der Waals surface area contributed by atoms with E-state index in [1.165, 1.54) is 28.4 Å². The Hall–Kier alpha value is -0.340. The summed E-state index contributed by atoms with van der Waals surface area (Å²) in [7, 11) is 0. The van der Waals surface area contributed by atoms with Gasteiger partial charge in [0, 0.05) is 10.5 Å². The zero-order valence-electron chi connectivity index (χ0n) is 11.4. The summed E-state index contributed by atoms with van der Waals surface area (Å²) < 4.78 is 1.21. The van der Waals surface area contributed by atoms with Crippen molar-refractivity contribution in [3.05, 3.63) is 33.8 Å². The van der Waals surface area contributed by atoms with Crippen LogP contribution in [0.3, 0.4) is 0 Å². The van der Waals surface area contributed by atoms with Gasteiger partial charge in [-0.1, -0.05) is 55.3 Å². The molecule has 1 rings (SSSR count). The molecule has 2 unspecified atom stereocenters. The highest BCUT2D eigenvalue weighted by molar-refractivity contribution is 9.10. The molecule has 0 radical (unpaired) electrons. The first-order chi connectivity index (χ1) is 8.11. The first-order valence-electron chi connectivity index (χ1n) is 6.60. The van der Waals surface area contributed by atoms with Crippen LogP contribution in [0, 0.1) is 12.8 Å². The van der Waals surface area contributed by atoms with Gasteiger partial charge in [-0.3, -0.25) is 0 Å². The van der Waals surface area contributed by atoms with Gasteiger partial charge in [0.2, 0.25) is 0 Å². The predicted molar refractivity (Wildman–Crippen MR) is 79.4 cm³/mol. The van der Waals surface area contributed by atoms with E-state index in [0.29, 0.717) is 12.0 Å². The molecule has 0 aliphatic rings. The van der Waals surface area contributed by atoms with Crippen LogP contribution in [-0.4, -0.2) is 6.54 Å². The lowest BCUT2D eigenvalue weighted by atomic mass is 9.88. The van der Waals surface area contributed by atoms with E-state index >= 15 is 0 Å². The molecule has 0 amide bonds. The van der Waals surface area contributed by atoms with Gasteiger partial charge in [-0.25, -0.2) is 0 Å². The average molecular weight is 298 g/mol. The van der Waals surface area contributed by atoms with E-state index in [4.69, 9.17) is 0 Å². The minimum Gasteiger partial charge on any atom is -0.310 e. The van der Waals surface area contributed by atoms with Gasteiger partial charge in [-0.2, -0.15) is 0 Å². The summed E-state index contributed by atoms with van der Waals surface area (Å²) in [6, 6.07) is 6.97. The first kappa shape index (κ1) is 14.7. The summed E-state index contributed by atoms with van der Waals surface area (Å²) in [6.07, 6.45) is 2.51. The van der Waals surface area contributed by atoms with Crippen LogP contribution in [0.15, 0.2) is 22.7 Å². The molecule has 0 aliphatic carbocycles. The molecule has 0 aliphatic heterocycles. The minimum atomic E-state index is 0.470. The molecule has 0 spiro atoms. The maximum Gasteiger partial charge on any atom is 0.0348 e. The highest BCUT2D eigenvalue weighted by atomic mass is 79.9. The fourth-order valence-electron chi connectivity index (χ4n) is 2.42. The number of hydrogen-bond acceptors (Lipinski definition) is 1. The van der Waals surface area contributed by atoms with Crippen LogP contribution in [0.2, 0.25) is 0 Å². The maximum atomic E-state index is 3.63. The first-order valence-corrected chi connectivity index (χ1v) is 7.39. The van der Waals surface area contributed by atoms with Crippen LogP contribution in [0.25, 0.3) is 0 Å². The normalized spacial score (nSPS) is 14.6. The molecule has 17 heavy (non-hydrogen) atoms. The number of rotatable bonds is 6. The third kappa shape index (κ3) is 3.82. The van der Waals surface area contributed by atoms with Gasteiger partial charge < -0.3 is 5.32 Å². The second kappa shape index (κ2) is 7.17. The van der Waals surface area contributed by atoms with Crippen molar-refractivity contribution in [2.24, 2.45) is 5.92 Å². The molecule has 0 bridgehead atoms. The Labute approximate surface area is 114 Å². The molecular weight excluding hydrogens is 274 g/mol. The SMILES string of the molecule is CCCC(C)C(NCC)c1cccc(Br)c1C. The van der Waals surface area contributed by atoms with Gasteiger partial charge >= 0.3 is 0 Å². The molecule has 2 heteroatoms. The van der Waals surface area contributed by atoms with Crippen LogP contribution in [0.1, 0.15) is 50.8 Å². The van der Waals surface area contributed by atoms with Crippen molar-refractivity contribution in [3.63, 3.8) is 0 Å². The lowest BCUT2D eigenvalue weighted by Crippen LogP contribution is -2.27. The Kier molecular flexibility index (Phi) is 6.21. The van der Waals surface area contributed by atoms with E-state index in [0.717, 1.165) is 6.54 Å². The Morgan fingerprint density at radius 1 is 1.29 bits per heavy atom. The predicted octanol–water partition coefficient (Wildman–Crippen LogP) is 4.84. The van der Waals surface area contributed by atoms with Gasteiger partial charge in [0.15, 0.2) is 0 Å². The van der Waals surface area contributed by atoms with Crippen LogP contribution >= 0.6 is 15.9 Å². The van der Waals surface area contributed by atoms with E-state index in [1.807, 2.05) is 0 Å². The van der Waals surface area contributed by atoms with E-state index in [2.05, 4.69) is 67.1 Å².